The van der Waals surface area contributed by atoms with E-state index >= 15 is 0 Å². The zero-order chi connectivity index (χ0) is 18.2. The van der Waals surface area contributed by atoms with Crippen LogP contribution in [-0.2, 0) is 16.1 Å². The number of hydrogen-bond acceptors (Lipinski definition) is 5. The number of nitrogens with zero attached hydrogens (tertiary/aromatic N) is 2. The number of nitro benzene ring substituents is 1. The lowest BCUT2D eigenvalue weighted by atomic mass is 10.1. The van der Waals surface area contributed by atoms with Crippen LogP contribution in [0.25, 0.3) is 0 Å². The van der Waals surface area contributed by atoms with Crippen LogP contribution in [-0.4, -0.2) is 35.4 Å². The first kappa shape index (κ1) is 18.1. The van der Waals surface area contributed by atoms with Gasteiger partial charge in [0.25, 0.3) is 11.6 Å². The van der Waals surface area contributed by atoms with E-state index in [9.17, 15) is 19.7 Å². The van der Waals surface area contributed by atoms with Crippen molar-refractivity contribution in [1.29, 1.82) is 0 Å². The molecule has 0 aliphatic rings. The number of esters is 1. The molecule has 0 bridgehead atoms. The van der Waals surface area contributed by atoms with Crippen LogP contribution in [0.4, 0.5) is 5.69 Å². The van der Waals surface area contributed by atoms with Crippen molar-refractivity contribution in [2.24, 2.45) is 0 Å². The van der Waals surface area contributed by atoms with Crippen molar-refractivity contribution in [2.45, 2.75) is 13.0 Å². The van der Waals surface area contributed by atoms with E-state index in [-0.39, 0.29) is 30.1 Å². The van der Waals surface area contributed by atoms with E-state index in [0.29, 0.717) is 6.54 Å². The number of methoxy groups -OCH3 is 1. The van der Waals surface area contributed by atoms with Gasteiger partial charge in [-0.2, -0.15) is 0 Å². The van der Waals surface area contributed by atoms with E-state index in [4.69, 9.17) is 0 Å². The Bertz CT molecular complexity index is 761. The summed E-state index contributed by atoms with van der Waals surface area (Å²) in [5.41, 5.74) is 0.944. The smallest absolute Gasteiger partial charge is 0.307 e. The number of hydrogen-bond donors (Lipinski definition) is 0. The van der Waals surface area contributed by atoms with Crippen molar-refractivity contribution in [3.05, 3.63) is 75.8 Å². The van der Waals surface area contributed by atoms with Crippen LogP contribution in [0.2, 0.25) is 0 Å². The SMILES string of the molecule is COC(=O)CCN(Cc1ccccc1)C(=O)c1cccc([N+](=O)[O-])c1. The van der Waals surface area contributed by atoms with Gasteiger partial charge in [-0.1, -0.05) is 36.4 Å². The Balaban J connectivity index is 2.23. The van der Waals surface area contributed by atoms with Crippen LogP contribution < -0.4 is 0 Å². The van der Waals surface area contributed by atoms with Gasteiger partial charge in [0.15, 0.2) is 0 Å². The molecule has 1 amide bonds. The predicted octanol–water partition coefficient (Wildman–Crippen LogP) is 2.80. The van der Waals surface area contributed by atoms with E-state index in [1.54, 1.807) is 0 Å². The number of amides is 1. The fourth-order valence-electron chi connectivity index (χ4n) is 2.32. The van der Waals surface area contributed by atoms with Crippen LogP contribution in [0.5, 0.6) is 0 Å². The topological polar surface area (TPSA) is 89.8 Å². The first-order valence-electron chi connectivity index (χ1n) is 7.65. The molecule has 0 radical (unpaired) electrons. The Morgan fingerprint density at radius 3 is 2.48 bits per heavy atom. The molecule has 0 aliphatic heterocycles. The van der Waals surface area contributed by atoms with E-state index in [0.717, 1.165) is 5.56 Å². The van der Waals surface area contributed by atoms with Crippen molar-refractivity contribution in [1.82, 2.24) is 4.90 Å². The number of carbonyl (C=O) groups excluding carboxylic acids is 2. The Morgan fingerprint density at radius 1 is 1.12 bits per heavy atom. The summed E-state index contributed by atoms with van der Waals surface area (Å²) in [5, 5.41) is 10.9. The largest absolute Gasteiger partial charge is 0.469 e. The Kier molecular flexibility index (Phi) is 6.22. The van der Waals surface area contributed by atoms with E-state index < -0.39 is 10.9 Å². The van der Waals surface area contributed by atoms with E-state index in [2.05, 4.69) is 4.74 Å². The van der Waals surface area contributed by atoms with Crippen molar-refractivity contribution in [3.8, 4) is 0 Å². The molecule has 7 heteroatoms. The quantitative estimate of drug-likeness (QED) is 0.438. The number of carbonyl (C=O) groups is 2. The Morgan fingerprint density at radius 2 is 1.84 bits per heavy atom. The molecular formula is C18H18N2O5. The van der Waals surface area contributed by atoms with Crippen molar-refractivity contribution >= 4 is 17.6 Å². The average Bonchev–Trinajstić information content (AvgIpc) is 2.65. The highest BCUT2D eigenvalue weighted by Crippen LogP contribution is 2.16. The van der Waals surface area contributed by atoms with Crippen molar-refractivity contribution in [2.75, 3.05) is 13.7 Å². The van der Waals surface area contributed by atoms with Gasteiger partial charge in [0.1, 0.15) is 0 Å². The third-order valence-corrected chi connectivity index (χ3v) is 3.62. The minimum atomic E-state index is -0.549. The lowest BCUT2D eigenvalue weighted by Gasteiger charge is -2.22. The highest BCUT2D eigenvalue weighted by atomic mass is 16.6. The molecule has 0 heterocycles. The molecule has 25 heavy (non-hydrogen) atoms. The highest BCUT2D eigenvalue weighted by Gasteiger charge is 2.19. The first-order valence-corrected chi connectivity index (χ1v) is 7.65. The standard InChI is InChI=1S/C18H18N2O5/c1-25-17(21)10-11-19(13-14-6-3-2-4-7-14)18(22)15-8-5-9-16(12-15)20(23)24/h2-9,12H,10-11,13H2,1H3. The fraction of sp³-hybridized carbons (Fsp3) is 0.222. The molecule has 0 fully saturated rings. The number of ether oxygens (including phenoxy) is 1. The van der Waals surface area contributed by atoms with Crippen LogP contribution in [0.1, 0.15) is 22.3 Å². The summed E-state index contributed by atoms with van der Waals surface area (Å²) in [5.74, 6) is -0.804. The predicted molar refractivity (Wildman–Crippen MR) is 90.9 cm³/mol. The molecule has 2 aromatic carbocycles. The summed E-state index contributed by atoms with van der Waals surface area (Å²) >= 11 is 0. The lowest BCUT2D eigenvalue weighted by molar-refractivity contribution is -0.384. The van der Waals surface area contributed by atoms with Gasteiger partial charge in [0.05, 0.1) is 18.5 Å². The van der Waals surface area contributed by atoms with Gasteiger partial charge in [0.2, 0.25) is 0 Å². The summed E-state index contributed by atoms with van der Waals surface area (Å²) in [4.78, 5) is 36.0. The molecule has 0 saturated heterocycles. The maximum atomic E-state index is 12.8. The Labute approximate surface area is 145 Å². The third kappa shape index (κ3) is 5.13. The number of benzene rings is 2. The average molecular weight is 342 g/mol. The maximum Gasteiger partial charge on any atom is 0.307 e. The summed E-state index contributed by atoms with van der Waals surface area (Å²) in [6.07, 6.45) is 0.0456. The molecule has 0 N–H and O–H groups in total. The van der Waals surface area contributed by atoms with Gasteiger partial charge in [0, 0.05) is 30.8 Å². The monoisotopic (exact) mass is 342 g/mol. The first-order chi connectivity index (χ1) is 12.0. The molecule has 130 valence electrons. The summed E-state index contributed by atoms with van der Waals surface area (Å²) in [6, 6.07) is 14.8. The molecular weight excluding hydrogens is 324 g/mol. The zero-order valence-corrected chi connectivity index (χ0v) is 13.8. The van der Waals surface area contributed by atoms with Gasteiger partial charge in [-0.15, -0.1) is 0 Å². The van der Waals surface area contributed by atoms with Crippen molar-refractivity contribution in [3.63, 3.8) is 0 Å². The maximum absolute atomic E-state index is 12.8. The zero-order valence-electron chi connectivity index (χ0n) is 13.8. The molecule has 2 rings (SSSR count). The minimum absolute atomic E-state index is 0.0456. The molecule has 0 aliphatic carbocycles. The Hall–Kier alpha value is -3.22. The van der Waals surface area contributed by atoms with Gasteiger partial charge in [-0.05, 0) is 11.6 Å². The molecule has 0 spiro atoms. The van der Waals surface area contributed by atoms with Crippen LogP contribution in [0, 0.1) is 10.1 Å². The third-order valence-electron chi connectivity index (χ3n) is 3.62. The summed E-state index contributed by atoms with van der Waals surface area (Å²) in [7, 11) is 1.28. The van der Waals surface area contributed by atoms with Crippen LogP contribution in [0.15, 0.2) is 54.6 Å². The molecule has 0 saturated carbocycles. The number of non-ortho nitro benzene ring substituents is 1. The second-order valence-electron chi connectivity index (χ2n) is 5.35. The second kappa shape index (κ2) is 8.58. The second-order valence-corrected chi connectivity index (χ2v) is 5.35. The van der Waals surface area contributed by atoms with Gasteiger partial charge in [-0.3, -0.25) is 19.7 Å². The summed E-state index contributed by atoms with van der Waals surface area (Å²) in [6.45, 7) is 0.447. The summed E-state index contributed by atoms with van der Waals surface area (Å²) < 4.78 is 4.62. The molecule has 0 aromatic heterocycles. The number of rotatable bonds is 7. The molecule has 2 aromatic rings. The van der Waals surface area contributed by atoms with Crippen LogP contribution >= 0.6 is 0 Å². The molecule has 7 nitrogen and oxygen atoms in total. The lowest BCUT2D eigenvalue weighted by Crippen LogP contribution is -2.32. The minimum Gasteiger partial charge on any atom is -0.469 e. The normalized spacial score (nSPS) is 10.1. The fourth-order valence-corrected chi connectivity index (χ4v) is 2.32. The molecule has 0 atom stereocenters. The van der Waals surface area contributed by atoms with Crippen molar-refractivity contribution < 1.29 is 19.2 Å². The van der Waals surface area contributed by atoms with Crippen LogP contribution in [0.3, 0.4) is 0 Å². The number of nitro groups is 1. The molecule has 0 unspecified atom stereocenters. The van der Waals surface area contributed by atoms with Gasteiger partial charge < -0.3 is 9.64 Å². The van der Waals surface area contributed by atoms with Gasteiger partial charge in [-0.25, -0.2) is 0 Å². The van der Waals surface area contributed by atoms with E-state index in [1.807, 2.05) is 30.3 Å². The van der Waals surface area contributed by atoms with Gasteiger partial charge >= 0.3 is 5.97 Å². The highest BCUT2D eigenvalue weighted by molar-refractivity contribution is 5.95. The van der Waals surface area contributed by atoms with E-state index in [1.165, 1.54) is 36.3 Å².